The monoisotopic (exact) mass is 166 g/mol. The highest BCUT2D eigenvalue weighted by atomic mass is 31.1. The van der Waals surface area contributed by atoms with Crippen LogP contribution in [0.3, 0.4) is 0 Å². The summed E-state index contributed by atoms with van der Waals surface area (Å²) in [6, 6.07) is 0. The van der Waals surface area contributed by atoms with Gasteiger partial charge < -0.3 is 9.63 Å². The van der Waals surface area contributed by atoms with E-state index in [4.69, 9.17) is 9.63 Å². The molecule has 0 saturated heterocycles. The molecular formula is C6H15O3P. The van der Waals surface area contributed by atoms with Crippen molar-refractivity contribution in [3.63, 3.8) is 0 Å². The lowest BCUT2D eigenvalue weighted by atomic mass is 10.3. The van der Waals surface area contributed by atoms with Gasteiger partial charge in [-0.25, -0.2) is 0 Å². The molecule has 1 N–H and O–H groups in total. The first-order valence-electron chi connectivity index (χ1n) is 3.54. The molecule has 0 aromatic rings. The van der Waals surface area contributed by atoms with Gasteiger partial charge >= 0.3 is 0 Å². The van der Waals surface area contributed by atoms with Crippen molar-refractivity contribution in [2.24, 2.45) is 0 Å². The van der Waals surface area contributed by atoms with Crippen molar-refractivity contribution in [2.75, 3.05) is 12.8 Å². The van der Waals surface area contributed by atoms with Crippen molar-refractivity contribution in [1.29, 1.82) is 0 Å². The largest absolute Gasteiger partial charge is 0.391 e. The van der Waals surface area contributed by atoms with Crippen LogP contribution >= 0.6 is 8.03 Å². The maximum absolute atomic E-state index is 10.7. The molecule has 0 rings (SSSR count). The van der Waals surface area contributed by atoms with Crippen LogP contribution in [-0.4, -0.2) is 24.0 Å². The molecule has 4 heteroatoms. The van der Waals surface area contributed by atoms with Crippen LogP contribution in [0.25, 0.3) is 0 Å². The van der Waals surface area contributed by atoms with Gasteiger partial charge in [-0.15, -0.1) is 0 Å². The van der Waals surface area contributed by atoms with Crippen molar-refractivity contribution in [3.8, 4) is 0 Å². The Hall–Kier alpha value is 0.150. The first-order chi connectivity index (χ1) is 4.70. The van der Waals surface area contributed by atoms with E-state index in [2.05, 4.69) is 0 Å². The van der Waals surface area contributed by atoms with Crippen molar-refractivity contribution in [2.45, 2.75) is 26.4 Å². The van der Waals surface area contributed by atoms with E-state index in [1.165, 1.54) is 0 Å². The fourth-order valence-corrected chi connectivity index (χ4v) is 0.991. The minimum absolute atomic E-state index is 0.210. The second-order valence-corrected chi connectivity index (χ2v) is 3.84. The summed E-state index contributed by atoms with van der Waals surface area (Å²) in [6.07, 6.45) is 0.750. The topological polar surface area (TPSA) is 46.5 Å². The molecule has 0 spiro atoms. The lowest BCUT2D eigenvalue weighted by molar-refractivity contribution is 0.108. The van der Waals surface area contributed by atoms with Crippen molar-refractivity contribution < 1.29 is 14.2 Å². The van der Waals surface area contributed by atoms with E-state index in [-0.39, 0.29) is 6.61 Å². The van der Waals surface area contributed by atoms with Crippen molar-refractivity contribution in [1.82, 2.24) is 0 Å². The zero-order valence-electron chi connectivity index (χ0n) is 6.46. The molecule has 0 aliphatic rings. The van der Waals surface area contributed by atoms with Gasteiger partial charge in [0, 0.05) is 6.16 Å². The van der Waals surface area contributed by atoms with Gasteiger partial charge in [0.2, 0.25) is 0 Å². The van der Waals surface area contributed by atoms with E-state index in [1.54, 1.807) is 6.92 Å². The maximum Gasteiger partial charge on any atom is 0.191 e. The first-order valence-corrected chi connectivity index (χ1v) is 5.06. The summed E-state index contributed by atoms with van der Waals surface area (Å²) in [7, 11) is -1.84. The van der Waals surface area contributed by atoms with E-state index >= 15 is 0 Å². The van der Waals surface area contributed by atoms with Gasteiger partial charge in [0.25, 0.3) is 0 Å². The number of hydrogen-bond donors (Lipinski definition) is 1. The van der Waals surface area contributed by atoms with Crippen molar-refractivity contribution >= 4 is 8.03 Å². The molecule has 3 nitrogen and oxygen atoms in total. The molecule has 0 aromatic heterocycles. The average Bonchev–Trinajstić information content (AvgIpc) is 1.99. The Morgan fingerprint density at radius 3 is 2.60 bits per heavy atom. The van der Waals surface area contributed by atoms with Crippen LogP contribution < -0.4 is 0 Å². The second kappa shape index (κ2) is 5.90. The van der Waals surface area contributed by atoms with Gasteiger partial charge in [-0.2, -0.15) is 0 Å². The molecule has 0 bridgehead atoms. The van der Waals surface area contributed by atoms with Gasteiger partial charge in [-0.05, 0) is 6.42 Å². The van der Waals surface area contributed by atoms with Crippen LogP contribution in [0.5, 0.6) is 0 Å². The SMILES string of the molecule is CCC(O)CO[PH](=O)CC. The molecular weight excluding hydrogens is 151 g/mol. The van der Waals surface area contributed by atoms with E-state index in [9.17, 15) is 4.57 Å². The Labute approximate surface area is 62.3 Å². The Balaban J connectivity index is 3.26. The molecule has 10 heavy (non-hydrogen) atoms. The fourth-order valence-electron chi connectivity index (χ4n) is 0.409. The Morgan fingerprint density at radius 1 is 1.60 bits per heavy atom. The van der Waals surface area contributed by atoms with Gasteiger partial charge in [-0.1, -0.05) is 13.8 Å². The standard InChI is InChI=1S/C6H15O3P/c1-3-6(7)5-9-10(8)4-2/h6-7,10H,3-5H2,1-2H3. The highest BCUT2D eigenvalue weighted by Crippen LogP contribution is 2.20. The summed E-state index contributed by atoms with van der Waals surface area (Å²) in [6.45, 7) is 3.87. The number of hydrogen-bond acceptors (Lipinski definition) is 3. The molecule has 0 aliphatic heterocycles. The summed E-state index contributed by atoms with van der Waals surface area (Å²) in [4.78, 5) is 0. The lowest BCUT2D eigenvalue weighted by Gasteiger charge is -2.06. The summed E-state index contributed by atoms with van der Waals surface area (Å²) < 4.78 is 15.5. The second-order valence-electron chi connectivity index (χ2n) is 2.10. The van der Waals surface area contributed by atoms with Gasteiger partial charge in [0.05, 0.1) is 12.7 Å². The number of rotatable bonds is 5. The lowest BCUT2D eigenvalue weighted by Crippen LogP contribution is -2.11. The van der Waals surface area contributed by atoms with Crippen LogP contribution in [0.1, 0.15) is 20.3 Å². The summed E-state index contributed by atoms with van der Waals surface area (Å²) in [5.74, 6) is 0. The minimum Gasteiger partial charge on any atom is -0.391 e. The normalized spacial score (nSPS) is 16.7. The Morgan fingerprint density at radius 2 is 2.20 bits per heavy atom. The van der Waals surface area contributed by atoms with E-state index < -0.39 is 14.1 Å². The van der Waals surface area contributed by atoms with Gasteiger partial charge in [-0.3, -0.25) is 4.57 Å². The van der Waals surface area contributed by atoms with Crippen LogP contribution in [0.4, 0.5) is 0 Å². The molecule has 62 valence electrons. The average molecular weight is 166 g/mol. The predicted octanol–water partition coefficient (Wildman–Crippen LogP) is 1.27. The summed E-state index contributed by atoms with van der Waals surface area (Å²) >= 11 is 0. The summed E-state index contributed by atoms with van der Waals surface area (Å²) in [5, 5.41) is 8.95. The molecule has 0 aromatic carbocycles. The molecule has 0 aliphatic carbocycles. The van der Waals surface area contributed by atoms with Crippen LogP contribution in [0.2, 0.25) is 0 Å². The highest BCUT2D eigenvalue weighted by molar-refractivity contribution is 7.39. The van der Waals surface area contributed by atoms with E-state index in [1.807, 2.05) is 6.92 Å². The molecule has 0 saturated carbocycles. The van der Waals surface area contributed by atoms with E-state index in [0.717, 1.165) is 0 Å². The Bertz CT molecular complexity index is 105. The van der Waals surface area contributed by atoms with Crippen LogP contribution in [0.15, 0.2) is 0 Å². The highest BCUT2D eigenvalue weighted by Gasteiger charge is 2.02. The third-order valence-corrected chi connectivity index (χ3v) is 2.26. The number of aliphatic hydroxyl groups excluding tert-OH is 1. The van der Waals surface area contributed by atoms with Gasteiger partial charge in [0.15, 0.2) is 8.03 Å². The maximum atomic E-state index is 10.7. The molecule has 0 radical (unpaired) electrons. The fraction of sp³-hybridized carbons (Fsp3) is 1.00. The van der Waals surface area contributed by atoms with Crippen molar-refractivity contribution in [3.05, 3.63) is 0 Å². The van der Waals surface area contributed by atoms with Gasteiger partial charge in [0.1, 0.15) is 0 Å². The molecule has 2 unspecified atom stereocenters. The Kier molecular flexibility index (Phi) is 5.99. The van der Waals surface area contributed by atoms with Crippen LogP contribution in [-0.2, 0) is 9.09 Å². The smallest absolute Gasteiger partial charge is 0.191 e. The first kappa shape index (κ1) is 10.2. The molecule has 2 atom stereocenters. The third kappa shape index (κ3) is 4.98. The third-order valence-electron chi connectivity index (χ3n) is 1.20. The zero-order chi connectivity index (χ0) is 7.98. The zero-order valence-corrected chi connectivity index (χ0v) is 7.46. The molecule has 0 amide bonds. The summed E-state index contributed by atoms with van der Waals surface area (Å²) in [5.41, 5.74) is 0. The minimum atomic E-state index is -1.84. The number of aliphatic hydroxyl groups is 1. The molecule has 0 fully saturated rings. The van der Waals surface area contributed by atoms with Crippen LogP contribution in [0, 0.1) is 0 Å². The quantitative estimate of drug-likeness (QED) is 0.625. The van der Waals surface area contributed by atoms with E-state index in [0.29, 0.717) is 12.6 Å². The predicted molar refractivity (Wildman–Crippen MR) is 41.8 cm³/mol. The molecule has 0 heterocycles.